The van der Waals surface area contributed by atoms with Gasteiger partial charge in [-0.1, -0.05) is 0 Å². The summed E-state index contributed by atoms with van der Waals surface area (Å²) in [6.45, 7) is 7.12. The fourth-order valence-electron chi connectivity index (χ4n) is 4.18. The van der Waals surface area contributed by atoms with Gasteiger partial charge < -0.3 is 24.8 Å². The Bertz CT molecular complexity index is 891. The van der Waals surface area contributed by atoms with Crippen molar-refractivity contribution in [3.63, 3.8) is 0 Å². The molecule has 3 N–H and O–H groups in total. The van der Waals surface area contributed by atoms with Crippen molar-refractivity contribution >= 4 is 11.8 Å². The lowest BCUT2D eigenvalue weighted by Crippen LogP contribution is -2.35. The molecule has 1 saturated heterocycles. The zero-order valence-electron chi connectivity index (χ0n) is 20.1. The molecule has 7 heteroatoms. The van der Waals surface area contributed by atoms with Crippen molar-refractivity contribution in [2.24, 2.45) is 11.7 Å². The Morgan fingerprint density at radius 1 is 0.941 bits per heavy atom. The number of piperidine rings is 1. The van der Waals surface area contributed by atoms with E-state index in [1.54, 1.807) is 24.3 Å². The molecule has 1 aliphatic heterocycles. The minimum atomic E-state index is -0.420. The SMILES string of the molecule is CCOC(=N)c1ccc(OCCCN2CCC(CCCOc3ccc(C(N)=O)cc3)CC2)cc1. The molecule has 1 fully saturated rings. The molecular formula is C27H37N3O4. The number of carbonyl (C=O) groups is 1. The van der Waals surface area contributed by atoms with Gasteiger partial charge in [0.2, 0.25) is 11.8 Å². The fourth-order valence-corrected chi connectivity index (χ4v) is 4.18. The highest BCUT2D eigenvalue weighted by atomic mass is 16.5. The van der Waals surface area contributed by atoms with Crippen LogP contribution in [0.3, 0.4) is 0 Å². The van der Waals surface area contributed by atoms with Gasteiger partial charge in [-0.15, -0.1) is 0 Å². The lowest BCUT2D eigenvalue weighted by molar-refractivity contribution is 0.1000. The van der Waals surface area contributed by atoms with Crippen LogP contribution in [0, 0.1) is 11.3 Å². The van der Waals surface area contributed by atoms with Crippen molar-refractivity contribution in [3.05, 3.63) is 59.7 Å². The van der Waals surface area contributed by atoms with E-state index in [9.17, 15) is 4.79 Å². The quantitative estimate of drug-likeness (QED) is 0.257. The van der Waals surface area contributed by atoms with Crippen LogP contribution in [-0.4, -0.2) is 56.2 Å². The molecule has 3 rings (SSSR count). The molecule has 2 aromatic carbocycles. The molecule has 7 nitrogen and oxygen atoms in total. The van der Waals surface area contributed by atoms with Gasteiger partial charge in [0.1, 0.15) is 11.5 Å². The number of nitrogens with zero attached hydrogens (tertiary/aromatic N) is 1. The highest BCUT2D eigenvalue weighted by molar-refractivity contribution is 5.92. The average Bonchev–Trinajstić information content (AvgIpc) is 2.86. The standard InChI is InChI=1S/C27H37N3O4/c1-2-32-27(29)23-8-12-25(13-9-23)34-20-4-16-30-17-14-21(15-18-30)5-3-19-33-24-10-6-22(7-11-24)26(28)31/h6-13,21,29H,2-5,14-20H2,1H3,(H2,28,31). The maximum Gasteiger partial charge on any atom is 0.248 e. The van der Waals surface area contributed by atoms with E-state index in [0.29, 0.717) is 25.4 Å². The van der Waals surface area contributed by atoms with Gasteiger partial charge in [-0.05, 0) is 107 Å². The lowest BCUT2D eigenvalue weighted by Gasteiger charge is -2.32. The molecule has 2 aromatic rings. The lowest BCUT2D eigenvalue weighted by atomic mass is 9.92. The third-order valence-electron chi connectivity index (χ3n) is 6.16. The largest absolute Gasteiger partial charge is 0.494 e. The summed E-state index contributed by atoms with van der Waals surface area (Å²) >= 11 is 0. The van der Waals surface area contributed by atoms with E-state index in [-0.39, 0.29) is 5.90 Å². The Kier molecular flexibility index (Phi) is 10.2. The highest BCUT2D eigenvalue weighted by Crippen LogP contribution is 2.22. The van der Waals surface area contributed by atoms with Gasteiger partial charge >= 0.3 is 0 Å². The van der Waals surface area contributed by atoms with Crippen molar-refractivity contribution < 1.29 is 19.0 Å². The topological polar surface area (TPSA) is 97.9 Å². The van der Waals surface area contributed by atoms with Crippen LogP contribution in [0.4, 0.5) is 0 Å². The molecule has 0 bridgehead atoms. The van der Waals surface area contributed by atoms with Crippen LogP contribution in [-0.2, 0) is 4.74 Å². The Morgan fingerprint density at radius 2 is 1.50 bits per heavy atom. The number of amides is 1. The number of carbonyl (C=O) groups excluding carboxylic acids is 1. The summed E-state index contributed by atoms with van der Waals surface area (Å²) in [5.74, 6) is 2.15. The minimum Gasteiger partial charge on any atom is -0.494 e. The zero-order valence-corrected chi connectivity index (χ0v) is 20.1. The van der Waals surface area contributed by atoms with Gasteiger partial charge in [-0.3, -0.25) is 10.2 Å². The Labute approximate surface area is 202 Å². The van der Waals surface area contributed by atoms with Crippen molar-refractivity contribution in [2.45, 2.75) is 39.0 Å². The second-order valence-corrected chi connectivity index (χ2v) is 8.65. The van der Waals surface area contributed by atoms with E-state index in [1.807, 2.05) is 31.2 Å². The molecule has 1 heterocycles. The maximum absolute atomic E-state index is 11.1. The molecule has 0 unspecified atom stereocenters. The molecular weight excluding hydrogens is 430 g/mol. The molecule has 0 atom stereocenters. The fraction of sp³-hybridized carbons (Fsp3) is 0.481. The Morgan fingerprint density at radius 3 is 2.06 bits per heavy atom. The summed E-state index contributed by atoms with van der Waals surface area (Å²) in [6, 6.07) is 14.5. The number of hydrogen-bond donors (Lipinski definition) is 2. The van der Waals surface area contributed by atoms with E-state index < -0.39 is 5.91 Å². The van der Waals surface area contributed by atoms with Gasteiger partial charge in [-0.25, -0.2) is 0 Å². The number of likely N-dealkylation sites (tertiary alicyclic amines) is 1. The summed E-state index contributed by atoms with van der Waals surface area (Å²) < 4.78 is 16.9. The van der Waals surface area contributed by atoms with Crippen LogP contribution in [0.25, 0.3) is 0 Å². The monoisotopic (exact) mass is 467 g/mol. The summed E-state index contributed by atoms with van der Waals surface area (Å²) in [7, 11) is 0. The van der Waals surface area contributed by atoms with E-state index in [1.165, 1.54) is 19.3 Å². The third kappa shape index (κ3) is 8.37. The number of rotatable bonds is 13. The summed E-state index contributed by atoms with van der Waals surface area (Å²) in [4.78, 5) is 13.6. The van der Waals surface area contributed by atoms with E-state index in [4.69, 9.17) is 25.4 Å². The van der Waals surface area contributed by atoms with Gasteiger partial charge in [0.05, 0.1) is 19.8 Å². The second kappa shape index (κ2) is 13.6. The maximum atomic E-state index is 11.1. The number of primary amides is 1. The number of benzene rings is 2. The molecule has 0 radical (unpaired) electrons. The minimum absolute atomic E-state index is 0.196. The molecule has 0 spiro atoms. The van der Waals surface area contributed by atoms with E-state index >= 15 is 0 Å². The first kappa shape index (κ1) is 25.6. The Hall–Kier alpha value is -3.06. The number of nitrogens with two attached hydrogens (primary N) is 1. The van der Waals surface area contributed by atoms with E-state index in [0.717, 1.165) is 55.5 Å². The third-order valence-corrected chi connectivity index (χ3v) is 6.16. The van der Waals surface area contributed by atoms with Gasteiger partial charge in [0.15, 0.2) is 0 Å². The van der Waals surface area contributed by atoms with Crippen LogP contribution in [0.2, 0.25) is 0 Å². The average molecular weight is 468 g/mol. The van der Waals surface area contributed by atoms with Crippen LogP contribution in [0.1, 0.15) is 54.9 Å². The number of nitrogens with one attached hydrogen (secondary N) is 1. The van der Waals surface area contributed by atoms with E-state index in [2.05, 4.69) is 4.90 Å². The Balaban J connectivity index is 1.23. The molecule has 0 saturated carbocycles. The van der Waals surface area contributed by atoms with Gasteiger partial charge in [-0.2, -0.15) is 0 Å². The molecule has 1 amide bonds. The summed E-state index contributed by atoms with van der Waals surface area (Å²) in [6.07, 6.45) is 5.71. The van der Waals surface area contributed by atoms with Gasteiger partial charge in [0.25, 0.3) is 0 Å². The normalized spacial score (nSPS) is 14.5. The van der Waals surface area contributed by atoms with Crippen LogP contribution in [0.5, 0.6) is 11.5 Å². The highest BCUT2D eigenvalue weighted by Gasteiger charge is 2.18. The molecule has 0 aliphatic carbocycles. The van der Waals surface area contributed by atoms with Crippen LogP contribution >= 0.6 is 0 Å². The van der Waals surface area contributed by atoms with Crippen molar-refractivity contribution in [2.75, 3.05) is 39.5 Å². The van der Waals surface area contributed by atoms with Gasteiger partial charge in [0, 0.05) is 17.7 Å². The smallest absolute Gasteiger partial charge is 0.248 e. The first-order chi connectivity index (χ1) is 16.5. The number of hydrogen-bond acceptors (Lipinski definition) is 6. The molecule has 34 heavy (non-hydrogen) atoms. The van der Waals surface area contributed by atoms with Crippen LogP contribution in [0.15, 0.2) is 48.5 Å². The predicted molar refractivity (Wildman–Crippen MR) is 134 cm³/mol. The van der Waals surface area contributed by atoms with Crippen molar-refractivity contribution in [1.29, 1.82) is 5.41 Å². The molecule has 1 aliphatic rings. The second-order valence-electron chi connectivity index (χ2n) is 8.65. The van der Waals surface area contributed by atoms with Crippen molar-refractivity contribution in [1.82, 2.24) is 4.90 Å². The summed E-state index contributed by atoms with van der Waals surface area (Å²) in [5, 5.41) is 7.81. The first-order valence-electron chi connectivity index (χ1n) is 12.2. The predicted octanol–water partition coefficient (Wildman–Crippen LogP) is 4.49. The summed E-state index contributed by atoms with van der Waals surface area (Å²) in [5.41, 5.74) is 6.52. The molecule has 0 aromatic heterocycles. The first-order valence-corrected chi connectivity index (χ1v) is 12.2. The zero-order chi connectivity index (χ0) is 24.2. The number of ether oxygens (including phenoxy) is 3. The van der Waals surface area contributed by atoms with Crippen LogP contribution < -0.4 is 15.2 Å². The molecule has 184 valence electrons. The van der Waals surface area contributed by atoms with Crippen molar-refractivity contribution in [3.8, 4) is 11.5 Å².